The number of hydrogen-bond donors (Lipinski definition) is 0. The van der Waals surface area contributed by atoms with Crippen LogP contribution in [-0.4, -0.2) is 6.04 Å². The third-order valence-corrected chi connectivity index (χ3v) is 6.40. The number of anilines is 1. The van der Waals surface area contributed by atoms with Crippen molar-refractivity contribution in [3.8, 4) is 0 Å². The second kappa shape index (κ2) is 6.67. The van der Waals surface area contributed by atoms with Crippen LogP contribution in [0, 0.1) is 0 Å². The van der Waals surface area contributed by atoms with E-state index in [0.717, 1.165) is 19.3 Å². The maximum absolute atomic E-state index is 2.53. The van der Waals surface area contributed by atoms with E-state index < -0.39 is 0 Å². The Labute approximate surface area is 168 Å². The minimum absolute atomic E-state index is 0.0558. The first-order chi connectivity index (χ1) is 13.7. The van der Waals surface area contributed by atoms with Crippen molar-refractivity contribution >= 4 is 11.3 Å². The maximum atomic E-state index is 2.53. The van der Waals surface area contributed by atoms with Gasteiger partial charge in [-0.15, -0.1) is 0 Å². The minimum atomic E-state index is 0.0558. The Bertz CT molecular complexity index is 1020. The fourth-order valence-corrected chi connectivity index (χ4v) is 4.99. The quantitative estimate of drug-likeness (QED) is 0.578. The molecule has 3 aliphatic carbocycles. The Morgan fingerprint density at radius 3 is 2.46 bits per heavy atom. The van der Waals surface area contributed by atoms with E-state index in [1.54, 1.807) is 0 Å². The molecule has 0 aliphatic heterocycles. The van der Waals surface area contributed by atoms with E-state index in [4.69, 9.17) is 0 Å². The predicted molar refractivity (Wildman–Crippen MR) is 119 cm³/mol. The highest BCUT2D eigenvalue weighted by Gasteiger charge is 2.40. The molecule has 1 unspecified atom stereocenters. The Hall–Kier alpha value is -2.80. The van der Waals surface area contributed by atoms with Crippen LogP contribution in [0.15, 0.2) is 96.2 Å². The summed E-state index contributed by atoms with van der Waals surface area (Å²) in [7, 11) is 0. The van der Waals surface area contributed by atoms with Crippen LogP contribution >= 0.6 is 0 Å². The fraction of sp³-hybridized carbons (Fsp3) is 0.259. The summed E-state index contributed by atoms with van der Waals surface area (Å²) in [4.78, 5) is 2.52. The summed E-state index contributed by atoms with van der Waals surface area (Å²) in [5, 5.41) is 0. The van der Waals surface area contributed by atoms with Gasteiger partial charge in [0.2, 0.25) is 0 Å². The van der Waals surface area contributed by atoms with Gasteiger partial charge >= 0.3 is 0 Å². The Morgan fingerprint density at radius 2 is 1.68 bits per heavy atom. The van der Waals surface area contributed by atoms with Crippen LogP contribution in [-0.2, 0) is 5.41 Å². The zero-order valence-electron chi connectivity index (χ0n) is 16.7. The molecule has 0 fully saturated rings. The number of nitrogens with zero attached hydrogens (tertiary/aromatic N) is 1. The van der Waals surface area contributed by atoms with Crippen LogP contribution in [0.25, 0.3) is 5.57 Å². The number of fused-ring (bicyclic) bond motifs is 3. The lowest BCUT2D eigenvalue weighted by Gasteiger charge is -2.36. The molecule has 1 atom stereocenters. The lowest BCUT2D eigenvalue weighted by Crippen LogP contribution is -2.35. The largest absolute Gasteiger partial charge is 0.335 e. The summed E-state index contributed by atoms with van der Waals surface area (Å²) in [5.41, 5.74) is 8.44. The molecular weight excluding hydrogens is 338 g/mol. The molecule has 0 spiro atoms. The van der Waals surface area contributed by atoms with Crippen LogP contribution in [0.4, 0.5) is 5.69 Å². The van der Waals surface area contributed by atoms with Crippen molar-refractivity contribution in [3.05, 3.63) is 107 Å². The van der Waals surface area contributed by atoms with Crippen LogP contribution in [0.1, 0.15) is 44.2 Å². The van der Waals surface area contributed by atoms with Crippen molar-refractivity contribution in [2.24, 2.45) is 0 Å². The van der Waals surface area contributed by atoms with Gasteiger partial charge in [0.1, 0.15) is 0 Å². The second-order valence-electron chi connectivity index (χ2n) is 8.49. The normalized spacial score (nSPS) is 21.9. The van der Waals surface area contributed by atoms with Gasteiger partial charge in [-0.3, -0.25) is 0 Å². The van der Waals surface area contributed by atoms with Crippen molar-refractivity contribution in [2.45, 2.75) is 44.6 Å². The average Bonchev–Trinajstić information content (AvgIpc) is 2.97. The van der Waals surface area contributed by atoms with E-state index in [0.29, 0.717) is 6.04 Å². The van der Waals surface area contributed by atoms with Gasteiger partial charge in [0.25, 0.3) is 0 Å². The number of hydrogen-bond acceptors (Lipinski definition) is 1. The van der Waals surface area contributed by atoms with Gasteiger partial charge < -0.3 is 4.90 Å². The highest BCUT2D eigenvalue weighted by molar-refractivity contribution is 5.90. The zero-order chi connectivity index (χ0) is 19.1. The van der Waals surface area contributed by atoms with E-state index in [1.807, 2.05) is 0 Å². The SMILES string of the molecule is CC1(C)C2=CC(N(C3=CCCC=C3)c3ccccc3)CC=C2c2ccccc21. The van der Waals surface area contributed by atoms with Crippen molar-refractivity contribution in [1.29, 1.82) is 0 Å². The van der Waals surface area contributed by atoms with Crippen molar-refractivity contribution in [1.82, 2.24) is 0 Å². The van der Waals surface area contributed by atoms with Gasteiger partial charge in [-0.2, -0.15) is 0 Å². The van der Waals surface area contributed by atoms with E-state index in [1.165, 1.54) is 33.7 Å². The molecule has 0 N–H and O–H groups in total. The van der Waals surface area contributed by atoms with Gasteiger partial charge in [-0.05, 0) is 59.7 Å². The minimum Gasteiger partial charge on any atom is -0.335 e. The van der Waals surface area contributed by atoms with Crippen LogP contribution in [0.2, 0.25) is 0 Å². The van der Waals surface area contributed by atoms with Gasteiger partial charge in [0, 0.05) is 16.8 Å². The first-order valence-electron chi connectivity index (χ1n) is 10.4. The molecule has 0 saturated heterocycles. The molecule has 0 heterocycles. The molecule has 1 heteroatoms. The van der Waals surface area contributed by atoms with Gasteiger partial charge in [-0.1, -0.05) is 80.6 Å². The Kier molecular flexibility index (Phi) is 4.12. The molecule has 0 radical (unpaired) electrons. The van der Waals surface area contributed by atoms with E-state index in [2.05, 4.69) is 104 Å². The number of benzene rings is 2. The van der Waals surface area contributed by atoms with Crippen LogP contribution < -0.4 is 4.90 Å². The third kappa shape index (κ3) is 2.69. The molecule has 28 heavy (non-hydrogen) atoms. The van der Waals surface area contributed by atoms with Crippen molar-refractivity contribution in [2.75, 3.05) is 4.90 Å². The second-order valence-corrected chi connectivity index (χ2v) is 8.49. The zero-order valence-corrected chi connectivity index (χ0v) is 16.7. The molecule has 2 aromatic carbocycles. The number of rotatable bonds is 3. The van der Waals surface area contributed by atoms with E-state index in [9.17, 15) is 0 Å². The monoisotopic (exact) mass is 365 g/mol. The molecule has 0 amide bonds. The molecule has 0 aromatic heterocycles. The van der Waals surface area contributed by atoms with E-state index >= 15 is 0 Å². The first-order valence-corrected chi connectivity index (χ1v) is 10.4. The summed E-state index contributed by atoms with van der Waals surface area (Å²) in [6.07, 6.45) is 15.3. The van der Waals surface area contributed by atoms with Gasteiger partial charge in [0.15, 0.2) is 0 Å². The van der Waals surface area contributed by atoms with Gasteiger partial charge in [-0.25, -0.2) is 0 Å². The molecule has 1 nitrogen and oxygen atoms in total. The van der Waals surface area contributed by atoms with Crippen LogP contribution in [0.3, 0.4) is 0 Å². The third-order valence-electron chi connectivity index (χ3n) is 6.40. The molecule has 5 rings (SSSR count). The lowest BCUT2D eigenvalue weighted by molar-refractivity contribution is 0.642. The number of para-hydroxylation sites is 1. The number of allylic oxidation sites excluding steroid dienone is 5. The Balaban J connectivity index is 1.59. The summed E-state index contributed by atoms with van der Waals surface area (Å²) < 4.78 is 0. The summed E-state index contributed by atoms with van der Waals surface area (Å²) in [6.45, 7) is 4.74. The Morgan fingerprint density at radius 1 is 0.893 bits per heavy atom. The highest BCUT2D eigenvalue weighted by Crippen LogP contribution is 2.51. The molecule has 0 saturated carbocycles. The summed E-state index contributed by atoms with van der Waals surface area (Å²) in [6, 6.07) is 20.1. The summed E-state index contributed by atoms with van der Waals surface area (Å²) in [5.74, 6) is 0. The molecule has 140 valence electrons. The smallest absolute Gasteiger partial charge is 0.0563 e. The molecule has 2 aromatic rings. The first kappa shape index (κ1) is 17.3. The topological polar surface area (TPSA) is 3.24 Å². The summed E-state index contributed by atoms with van der Waals surface area (Å²) >= 11 is 0. The van der Waals surface area contributed by atoms with Gasteiger partial charge in [0.05, 0.1) is 6.04 Å². The molecular formula is C27H27N. The standard InChI is InChI=1S/C27H27N/c1-27(2)25-16-10-9-15-23(25)24-18-17-22(19-26(24)27)28(20-11-5-3-6-12-20)21-13-7-4-8-14-21/h3,5-7,9-16,18-19,22H,4,8,17H2,1-2H3. The highest BCUT2D eigenvalue weighted by atomic mass is 15.2. The predicted octanol–water partition coefficient (Wildman–Crippen LogP) is 6.80. The maximum Gasteiger partial charge on any atom is 0.0563 e. The average molecular weight is 366 g/mol. The fourth-order valence-electron chi connectivity index (χ4n) is 4.99. The van der Waals surface area contributed by atoms with Crippen molar-refractivity contribution < 1.29 is 0 Å². The van der Waals surface area contributed by atoms with Crippen molar-refractivity contribution in [3.63, 3.8) is 0 Å². The molecule has 3 aliphatic rings. The van der Waals surface area contributed by atoms with Crippen LogP contribution in [0.5, 0.6) is 0 Å². The molecule has 0 bridgehead atoms. The lowest BCUT2D eigenvalue weighted by atomic mass is 9.79. The van der Waals surface area contributed by atoms with E-state index in [-0.39, 0.29) is 5.41 Å².